The van der Waals surface area contributed by atoms with Crippen LogP contribution in [0.25, 0.3) is 22.5 Å². The van der Waals surface area contributed by atoms with Gasteiger partial charge in [-0.3, -0.25) is 4.79 Å². The van der Waals surface area contributed by atoms with Crippen molar-refractivity contribution in [1.82, 2.24) is 14.9 Å². The van der Waals surface area contributed by atoms with Gasteiger partial charge in [-0.2, -0.15) is 0 Å². The van der Waals surface area contributed by atoms with Gasteiger partial charge in [0.15, 0.2) is 5.16 Å². The molecule has 6 heteroatoms. The van der Waals surface area contributed by atoms with Crippen molar-refractivity contribution in [3.63, 3.8) is 0 Å². The van der Waals surface area contributed by atoms with Crippen LogP contribution in [0.3, 0.4) is 0 Å². The summed E-state index contributed by atoms with van der Waals surface area (Å²) in [6.45, 7) is 3.71. The molecule has 5 nitrogen and oxygen atoms in total. The van der Waals surface area contributed by atoms with Crippen molar-refractivity contribution in [1.29, 1.82) is 0 Å². The fraction of sp³-hybridized carbons (Fsp3) is 0.241. The Labute approximate surface area is 211 Å². The number of nitrogens with zero attached hydrogens (tertiary/aromatic N) is 2. The van der Waals surface area contributed by atoms with E-state index in [0.717, 1.165) is 53.0 Å². The third-order valence-electron chi connectivity index (χ3n) is 5.66. The molecule has 0 atom stereocenters. The van der Waals surface area contributed by atoms with Crippen LogP contribution in [0.2, 0.25) is 0 Å². The van der Waals surface area contributed by atoms with Gasteiger partial charge in [0.2, 0.25) is 0 Å². The van der Waals surface area contributed by atoms with Crippen LogP contribution in [0.4, 0.5) is 0 Å². The minimum Gasteiger partial charge on any atom is -0.497 e. The summed E-state index contributed by atoms with van der Waals surface area (Å²) in [6, 6.07) is 28.0. The fourth-order valence-corrected chi connectivity index (χ4v) is 4.91. The quantitative estimate of drug-likeness (QED) is 0.193. The van der Waals surface area contributed by atoms with Crippen molar-refractivity contribution in [3.8, 4) is 28.3 Å². The molecule has 1 aromatic heterocycles. The molecule has 0 unspecified atom stereocenters. The van der Waals surface area contributed by atoms with Crippen LogP contribution >= 0.6 is 11.8 Å². The summed E-state index contributed by atoms with van der Waals surface area (Å²) in [7, 11) is 1.62. The van der Waals surface area contributed by atoms with Crippen LogP contribution in [0, 0.1) is 0 Å². The summed E-state index contributed by atoms with van der Waals surface area (Å²) >= 11 is 1.75. The Morgan fingerprint density at radius 1 is 0.943 bits per heavy atom. The maximum Gasteiger partial charge on any atom is 0.251 e. The van der Waals surface area contributed by atoms with Gasteiger partial charge in [0, 0.05) is 35.5 Å². The minimum atomic E-state index is -0.0668. The van der Waals surface area contributed by atoms with Crippen LogP contribution in [-0.4, -0.2) is 34.9 Å². The zero-order chi connectivity index (χ0) is 24.5. The Bertz CT molecular complexity index is 1220. The number of benzene rings is 3. The number of thioether (sulfide) groups is 1. The first kappa shape index (κ1) is 24.6. The van der Waals surface area contributed by atoms with Crippen molar-refractivity contribution in [2.75, 3.05) is 19.4 Å². The zero-order valence-corrected chi connectivity index (χ0v) is 21.1. The molecule has 0 bridgehead atoms. The van der Waals surface area contributed by atoms with E-state index in [-0.39, 0.29) is 5.91 Å². The topological polar surface area (TPSA) is 56.2 Å². The summed E-state index contributed by atoms with van der Waals surface area (Å²) in [5.41, 5.74) is 5.10. The fourth-order valence-electron chi connectivity index (χ4n) is 3.94. The third kappa shape index (κ3) is 6.14. The number of methoxy groups -OCH3 is 1. The highest BCUT2D eigenvalue weighted by molar-refractivity contribution is 7.99. The molecule has 1 amide bonds. The van der Waals surface area contributed by atoms with Gasteiger partial charge in [-0.1, -0.05) is 79.3 Å². The maximum atomic E-state index is 12.4. The first-order valence-electron chi connectivity index (χ1n) is 12.0. The Morgan fingerprint density at radius 2 is 1.60 bits per heavy atom. The van der Waals surface area contributed by atoms with Crippen LogP contribution < -0.4 is 10.1 Å². The summed E-state index contributed by atoms with van der Waals surface area (Å²) in [4.78, 5) is 17.5. The number of rotatable bonds is 11. The summed E-state index contributed by atoms with van der Waals surface area (Å²) < 4.78 is 7.50. The van der Waals surface area contributed by atoms with Gasteiger partial charge < -0.3 is 14.6 Å². The van der Waals surface area contributed by atoms with Gasteiger partial charge in [0.25, 0.3) is 5.91 Å². The van der Waals surface area contributed by atoms with Crippen LogP contribution in [0.15, 0.2) is 90.1 Å². The van der Waals surface area contributed by atoms with E-state index in [1.165, 1.54) is 5.56 Å². The lowest BCUT2D eigenvalue weighted by Crippen LogP contribution is -2.24. The molecule has 35 heavy (non-hydrogen) atoms. The molecule has 180 valence electrons. The van der Waals surface area contributed by atoms with Crippen molar-refractivity contribution in [3.05, 3.63) is 90.5 Å². The number of amides is 1. The number of nitrogens with one attached hydrogen (secondary N) is 1. The standard InChI is InChI=1S/C29H31N3O2S/c1-3-20-32-27(23-13-8-5-9-14-23)26(22-11-6-4-7-12-22)31-29(32)35-21-10-19-30-28(33)24-15-17-25(34-2)18-16-24/h4-9,11-18H,3,10,19-21H2,1-2H3,(H,30,33). The van der Waals surface area contributed by atoms with Gasteiger partial charge in [-0.05, 0) is 37.1 Å². The largest absolute Gasteiger partial charge is 0.497 e. The second kappa shape index (κ2) is 12.3. The molecule has 4 aromatic rings. The predicted molar refractivity (Wildman–Crippen MR) is 144 cm³/mol. The molecule has 3 aromatic carbocycles. The first-order valence-corrected chi connectivity index (χ1v) is 13.0. The summed E-state index contributed by atoms with van der Waals surface area (Å²) in [5.74, 6) is 1.54. The highest BCUT2D eigenvalue weighted by atomic mass is 32.2. The SMILES string of the molecule is CCCn1c(SCCCNC(=O)c2ccc(OC)cc2)nc(-c2ccccc2)c1-c1ccccc1. The van der Waals surface area contributed by atoms with E-state index in [0.29, 0.717) is 12.1 Å². The summed E-state index contributed by atoms with van der Waals surface area (Å²) in [5, 5.41) is 4.03. The number of hydrogen-bond donors (Lipinski definition) is 1. The number of imidazole rings is 1. The molecule has 0 fully saturated rings. The van der Waals surface area contributed by atoms with Gasteiger partial charge in [-0.25, -0.2) is 4.98 Å². The van der Waals surface area contributed by atoms with Gasteiger partial charge in [0.1, 0.15) is 5.75 Å². The predicted octanol–water partition coefficient (Wildman–Crippen LogP) is 6.55. The van der Waals surface area contributed by atoms with Crippen LogP contribution in [0.1, 0.15) is 30.1 Å². The minimum absolute atomic E-state index is 0.0668. The normalized spacial score (nSPS) is 10.8. The molecule has 4 rings (SSSR count). The number of carbonyl (C=O) groups is 1. The smallest absolute Gasteiger partial charge is 0.251 e. The van der Waals surface area contributed by atoms with E-state index in [9.17, 15) is 4.79 Å². The zero-order valence-electron chi connectivity index (χ0n) is 20.2. The molecule has 0 spiro atoms. The first-order chi connectivity index (χ1) is 17.2. The van der Waals surface area contributed by atoms with E-state index >= 15 is 0 Å². The van der Waals surface area contributed by atoms with Crippen molar-refractivity contribution in [2.24, 2.45) is 0 Å². The monoisotopic (exact) mass is 485 g/mol. The van der Waals surface area contributed by atoms with E-state index in [1.807, 2.05) is 12.1 Å². The van der Waals surface area contributed by atoms with Crippen molar-refractivity contribution in [2.45, 2.75) is 31.5 Å². The number of hydrogen-bond acceptors (Lipinski definition) is 4. The molecule has 1 N–H and O–H groups in total. The second-order valence-electron chi connectivity index (χ2n) is 8.16. The maximum absolute atomic E-state index is 12.4. The molecule has 0 aliphatic rings. The van der Waals surface area contributed by atoms with E-state index in [2.05, 4.69) is 65.3 Å². The van der Waals surface area contributed by atoms with Gasteiger partial charge in [-0.15, -0.1) is 0 Å². The van der Waals surface area contributed by atoms with Crippen LogP contribution in [-0.2, 0) is 6.54 Å². The van der Waals surface area contributed by atoms with E-state index < -0.39 is 0 Å². The van der Waals surface area contributed by atoms with E-state index in [4.69, 9.17) is 9.72 Å². The van der Waals surface area contributed by atoms with Crippen molar-refractivity contribution < 1.29 is 9.53 Å². The Hall–Kier alpha value is -3.51. The van der Waals surface area contributed by atoms with Gasteiger partial charge >= 0.3 is 0 Å². The molecule has 0 radical (unpaired) electrons. The Kier molecular flexibility index (Phi) is 8.63. The Balaban J connectivity index is 1.46. The molecule has 0 aliphatic heterocycles. The molecular formula is C29H31N3O2S. The number of carbonyl (C=O) groups excluding carboxylic acids is 1. The molecule has 0 saturated heterocycles. The average molecular weight is 486 g/mol. The number of aromatic nitrogens is 2. The van der Waals surface area contributed by atoms with E-state index in [1.54, 1.807) is 43.1 Å². The molecule has 1 heterocycles. The lowest BCUT2D eigenvalue weighted by Gasteiger charge is -2.12. The lowest BCUT2D eigenvalue weighted by atomic mass is 10.0. The second-order valence-corrected chi connectivity index (χ2v) is 9.22. The van der Waals surface area contributed by atoms with Crippen LogP contribution in [0.5, 0.6) is 5.75 Å². The number of ether oxygens (including phenoxy) is 1. The highest BCUT2D eigenvalue weighted by Crippen LogP contribution is 2.36. The van der Waals surface area contributed by atoms with Gasteiger partial charge in [0.05, 0.1) is 18.5 Å². The molecule has 0 aliphatic carbocycles. The Morgan fingerprint density at radius 3 is 2.23 bits per heavy atom. The average Bonchev–Trinajstić information content (AvgIpc) is 3.27. The summed E-state index contributed by atoms with van der Waals surface area (Å²) in [6.07, 6.45) is 1.88. The molecule has 0 saturated carbocycles. The lowest BCUT2D eigenvalue weighted by molar-refractivity contribution is 0.0954. The third-order valence-corrected chi connectivity index (χ3v) is 6.73. The van der Waals surface area contributed by atoms with Crippen molar-refractivity contribution >= 4 is 17.7 Å². The highest BCUT2D eigenvalue weighted by Gasteiger charge is 2.19. The molecular weight excluding hydrogens is 454 g/mol.